The molecule has 0 aromatic rings. The number of carbonyl (C=O) groups excluding carboxylic acids is 1. The summed E-state index contributed by atoms with van der Waals surface area (Å²) in [6.07, 6.45) is 5.55. The third-order valence-corrected chi connectivity index (χ3v) is 3.44. The van der Waals surface area contributed by atoms with Crippen molar-refractivity contribution in [2.45, 2.75) is 39.0 Å². The number of carbonyl (C=O) groups is 1. The average molecular weight is 190 g/mol. The molecule has 0 spiro atoms. The number of unbranched alkanes of at least 4 members (excludes halogenated alkanes) is 3. The van der Waals surface area contributed by atoms with E-state index in [0.717, 1.165) is 23.3 Å². The zero-order valence-electron chi connectivity index (χ0n) is 7.56. The van der Waals surface area contributed by atoms with Gasteiger partial charge in [0, 0.05) is 6.42 Å². The summed E-state index contributed by atoms with van der Waals surface area (Å²) < 4.78 is 4.99. The molecule has 0 N–H and O–H groups in total. The molecule has 0 aliphatic carbocycles. The fourth-order valence-corrected chi connectivity index (χ4v) is 2.66. The molecule has 66 valence electrons. The van der Waals surface area contributed by atoms with Crippen molar-refractivity contribution >= 4 is 25.7 Å². The molecule has 0 radical (unpaired) electrons. The van der Waals surface area contributed by atoms with Gasteiger partial charge in [-0.1, -0.05) is 26.2 Å². The second-order valence-corrected chi connectivity index (χ2v) is 6.17. The third-order valence-electron chi connectivity index (χ3n) is 1.61. The summed E-state index contributed by atoms with van der Waals surface area (Å²) in [5.41, 5.74) is 0. The average Bonchev–Trinajstić information content (AvgIpc) is 1.99. The van der Waals surface area contributed by atoms with E-state index in [1.807, 2.05) is 0 Å². The molecule has 4 heteroatoms. The molecule has 2 nitrogen and oxygen atoms in total. The van der Waals surface area contributed by atoms with E-state index in [4.69, 9.17) is 4.12 Å². The first kappa shape index (κ1) is 11.1. The Morgan fingerprint density at radius 1 is 1.45 bits per heavy atom. The second kappa shape index (κ2) is 8.16. The third kappa shape index (κ3) is 7.97. The topological polar surface area (TPSA) is 26.3 Å². The van der Waals surface area contributed by atoms with Crippen LogP contribution in [0.25, 0.3) is 0 Å². The molecule has 0 unspecified atom stereocenters. The fraction of sp³-hybridized carbons (Fsp3) is 0.857. The molecule has 0 heterocycles. The highest BCUT2D eigenvalue weighted by Crippen LogP contribution is 2.02. The van der Waals surface area contributed by atoms with E-state index in [-0.39, 0.29) is 0 Å². The Balaban J connectivity index is 3.04. The number of rotatable bonds is 7. The van der Waals surface area contributed by atoms with Gasteiger partial charge >= 0.3 is 0 Å². The summed E-state index contributed by atoms with van der Waals surface area (Å²) in [6.45, 7) is 2.18. The van der Waals surface area contributed by atoms with Gasteiger partial charge in [0.05, 0.1) is 0 Å². The van der Waals surface area contributed by atoms with Crippen molar-refractivity contribution in [3.05, 3.63) is 0 Å². The zero-order chi connectivity index (χ0) is 8.53. The minimum absolute atomic E-state index is 0.399. The summed E-state index contributed by atoms with van der Waals surface area (Å²) in [5, 5.41) is 0.399. The van der Waals surface area contributed by atoms with Crippen LogP contribution in [0.3, 0.4) is 0 Å². The van der Waals surface area contributed by atoms with Crippen LogP contribution in [0.5, 0.6) is 0 Å². The zero-order valence-corrected chi connectivity index (χ0v) is 11.0. The van der Waals surface area contributed by atoms with Crippen LogP contribution in [0.1, 0.15) is 39.0 Å². The summed E-state index contributed by atoms with van der Waals surface area (Å²) in [4.78, 5) is 11.0. The molecule has 0 saturated heterocycles. The Morgan fingerprint density at radius 2 is 2.18 bits per heavy atom. The Hall–Kier alpha value is 0.0638. The minimum atomic E-state index is -0.765. The molecule has 0 aromatic carbocycles. The van der Waals surface area contributed by atoms with E-state index < -0.39 is 9.76 Å². The molecule has 0 bridgehead atoms. The predicted molar refractivity (Wildman–Crippen MR) is 53.3 cm³/mol. The van der Waals surface area contributed by atoms with Gasteiger partial charge in [-0.25, -0.2) is 0 Å². The first-order chi connectivity index (χ1) is 5.31. The lowest BCUT2D eigenvalue weighted by molar-refractivity contribution is -0.112. The van der Waals surface area contributed by atoms with E-state index in [9.17, 15) is 4.79 Å². The van der Waals surface area contributed by atoms with Crippen molar-refractivity contribution in [2.75, 3.05) is 0 Å². The van der Waals surface area contributed by atoms with Crippen LogP contribution >= 0.6 is 0 Å². The quantitative estimate of drug-likeness (QED) is 0.413. The minimum Gasteiger partial charge on any atom is -0.463 e. The molecular formula is C7H18O2Si2. The Bertz CT molecular complexity index is 107. The van der Waals surface area contributed by atoms with Crippen LogP contribution in [0, 0.1) is 0 Å². The molecule has 0 rings (SSSR count). The normalized spacial score (nSPS) is 11.4. The van der Waals surface area contributed by atoms with Crippen molar-refractivity contribution in [3.63, 3.8) is 0 Å². The number of hydrogen-bond donors (Lipinski definition) is 0. The van der Waals surface area contributed by atoms with Gasteiger partial charge < -0.3 is 8.91 Å². The highest BCUT2D eigenvalue weighted by Gasteiger charge is 1.99. The van der Waals surface area contributed by atoms with Gasteiger partial charge in [-0.2, -0.15) is 0 Å². The lowest BCUT2D eigenvalue weighted by atomic mass is 10.2. The number of hydrogen-bond acceptors (Lipinski definition) is 2. The fourth-order valence-electron chi connectivity index (χ4n) is 0.982. The lowest BCUT2D eigenvalue weighted by Gasteiger charge is -1.98. The maximum atomic E-state index is 11.0. The molecule has 11 heavy (non-hydrogen) atoms. The smallest absolute Gasteiger partial charge is 0.221 e. The van der Waals surface area contributed by atoms with Crippen LogP contribution in [0.2, 0.25) is 0 Å². The van der Waals surface area contributed by atoms with Crippen LogP contribution < -0.4 is 0 Å². The van der Waals surface area contributed by atoms with Gasteiger partial charge in [0.15, 0.2) is 0 Å². The highest BCUT2D eigenvalue weighted by molar-refractivity contribution is 6.70. The van der Waals surface area contributed by atoms with Crippen molar-refractivity contribution in [1.82, 2.24) is 0 Å². The monoisotopic (exact) mass is 190 g/mol. The van der Waals surface area contributed by atoms with Gasteiger partial charge in [-0.15, -0.1) is 0 Å². The molecule has 0 saturated carbocycles. The van der Waals surface area contributed by atoms with Gasteiger partial charge in [0.2, 0.25) is 9.76 Å². The summed E-state index contributed by atoms with van der Waals surface area (Å²) in [7, 11) is -0.0273. The molecule has 0 aliphatic rings. The summed E-state index contributed by atoms with van der Waals surface area (Å²) in [5.74, 6) is 0. The molecule has 0 aliphatic heterocycles. The van der Waals surface area contributed by atoms with Gasteiger partial charge in [0.1, 0.15) is 15.9 Å². The van der Waals surface area contributed by atoms with E-state index in [2.05, 4.69) is 6.92 Å². The maximum Gasteiger partial charge on any atom is 0.221 e. The van der Waals surface area contributed by atoms with Crippen LogP contribution in [-0.2, 0) is 8.91 Å². The SMILES string of the molecule is CCCCCCC(=O)[SiH2]O[SiH3]. The van der Waals surface area contributed by atoms with Gasteiger partial charge in [0.25, 0.3) is 0 Å². The van der Waals surface area contributed by atoms with E-state index in [1.54, 1.807) is 0 Å². The summed E-state index contributed by atoms with van der Waals surface area (Å²) >= 11 is 0. The first-order valence-electron chi connectivity index (χ1n) is 4.32. The predicted octanol–water partition coefficient (Wildman–Crippen LogP) is -0.136. The van der Waals surface area contributed by atoms with Crippen molar-refractivity contribution < 1.29 is 8.91 Å². The van der Waals surface area contributed by atoms with Crippen molar-refractivity contribution in [2.24, 2.45) is 0 Å². The largest absolute Gasteiger partial charge is 0.463 e. The van der Waals surface area contributed by atoms with E-state index in [0.29, 0.717) is 5.41 Å². The van der Waals surface area contributed by atoms with Crippen LogP contribution in [0.15, 0.2) is 0 Å². The molecule has 0 amide bonds. The van der Waals surface area contributed by atoms with E-state index >= 15 is 0 Å². The van der Waals surface area contributed by atoms with Crippen molar-refractivity contribution in [3.8, 4) is 0 Å². The van der Waals surface area contributed by atoms with Crippen molar-refractivity contribution in [1.29, 1.82) is 0 Å². The lowest BCUT2D eigenvalue weighted by Crippen LogP contribution is -2.10. The Labute approximate surface area is 74.2 Å². The first-order valence-corrected chi connectivity index (χ1v) is 6.42. The standard InChI is InChI=1S/C7H18O2Si2/c1-2-3-4-5-6-7(8)11-9-10/h2-6,11H2,1,10H3. The Morgan fingerprint density at radius 3 is 2.73 bits per heavy atom. The molecule has 0 atom stereocenters. The van der Waals surface area contributed by atoms with Gasteiger partial charge in [-0.3, -0.25) is 0 Å². The maximum absolute atomic E-state index is 11.0. The van der Waals surface area contributed by atoms with Crippen LogP contribution in [-0.4, -0.2) is 25.7 Å². The van der Waals surface area contributed by atoms with E-state index in [1.165, 1.54) is 19.3 Å². The van der Waals surface area contributed by atoms with Gasteiger partial charge in [-0.05, 0) is 6.42 Å². The van der Waals surface area contributed by atoms with Crippen LogP contribution in [0.4, 0.5) is 0 Å². The highest BCUT2D eigenvalue weighted by atomic mass is 28.3. The summed E-state index contributed by atoms with van der Waals surface area (Å²) in [6, 6.07) is 0. The molecular weight excluding hydrogens is 172 g/mol. The molecule has 0 aromatic heterocycles. The Kier molecular flexibility index (Phi) is 8.21. The molecule has 0 fully saturated rings. The second-order valence-electron chi connectivity index (χ2n) is 2.78.